The molecule has 0 fully saturated rings. The van der Waals surface area contributed by atoms with E-state index in [1.165, 1.54) is 11.3 Å². The Balaban J connectivity index is 1.64. The fourth-order valence-corrected chi connectivity index (χ4v) is 3.58. The van der Waals surface area contributed by atoms with Crippen LogP contribution in [-0.4, -0.2) is 20.5 Å². The van der Waals surface area contributed by atoms with Gasteiger partial charge in [0.25, 0.3) is 11.9 Å². The summed E-state index contributed by atoms with van der Waals surface area (Å²) in [4.78, 5) is 17.4. The number of aromatic nitrogens is 3. The topological polar surface area (TPSA) is 59.3 Å². The van der Waals surface area contributed by atoms with Crippen molar-refractivity contribution in [1.29, 1.82) is 0 Å². The van der Waals surface area contributed by atoms with Gasteiger partial charge in [-0.1, -0.05) is 52.3 Å². The maximum Gasteiger partial charge on any atom is 0.258 e. The molecule has 0 atom stereocenters. The lowest BCUT2D eigenvalue weighted by molar-refractivity contribution is 0.102. The number of carbonyl (C=O) groups is 1. The van der Waals surface area contributed by atoms with Gasteiger partial charge in [-0.2, -0.15) is 4.98 Å². The highest BCUT2D eigenvalue weighted by atomic mass is 79.9. The number of rotatable bonds is 3. The van der Waals surface area contributed by atoms with Gasteiger partial charge in [-0.3, -0.25) is 10.1 Å². The number of thiazole rings is 1. The maximum absolute atomic E-state index is 12.3. The van der Waals surface area contributed by atoms with Gasteiger partial charge >= 0.3 is 0 Å². The lowest BCUT2D eigenvalue weighted by Crippen LogP contribution is -2.13. The van der Waals surface area contributed by atoms with Crippen molar-refractivity contribution in [2.45, 2.75) is 0 Å². The van der Waals surface area contributed by atoms with Gasteiger partial charge in [0.15, 0.2) is 0 Å². The molecule has 0 unspecified atom stereocenters. The number of anilines is 1. The first-order valence-corrected chi connectivity index (χ1v) is 8.84. The summed E-state index contributed by atoms with van der Waals surface area (Å²) in [5, 5.41) is 9.16. The third kappa shape index (κ3) is 2.83. The van der Waals surface area contributed by atoms with Crippen molar-refractivity contribution in [2.24, 2.45) is 0 Å². The molecule has 0 aliphatic carbocycles. The van der Waals surface area contributed by atoms with Gasteiger partial charge in [0, 0.05) is 21.0 Å². The van der Waals surface area contributed by atoms with Crippen LogP contribution in [-0.2, 0) is 0 Å². The molecule has 24 heavy (non-hydrogen) atoms. The number of halogens is 1. The van der Waals surface area contributed by atoms with Gasteiger partial charge in [-0.15, -0.1) is 16.4 Å². The zero-order valence-electron chi connectivity index (χ0n) is 12.3. The minimum absolute atomic E-state index is 0.240. The van der Waals surface area contributed by atoms with Crippen molar-refractivity contribution in [1.82, 2.24) is 14.6 Å². The van der Waals surface area contributed by atoms with E-state index in [0.717, 1.165) is 20.7 Å². The van der Waals surface area contributed by atoms with Crippen LogP contribution in [0.3, 0.4) is 0 Å². The second-order valence-corrected chi connectivity index (χ2v) is 6.83. The zero-order chi connectivity index (χ0) is 16.5. The Morgan fingerprint density at radius 1 is 1.12 bits per heavy atom. The van der Waals surface area contributed by atoms with Crippen LogP contribution in [0.25, 0.3) is 16.2 Å². The molecule has 4 rings (SSSR count). The summed E-state index contributed by atoms with van der Waals surface area (Å²) in [5.41, 5.74) is 2.55. The largest absolute Gasteiger partial charge is 0.289 e. The molecule has 2 aromatic heterocycles. The Morgan fingerprint density at radius 2 is 1.96 bits per heavy atom. The van der Waals surface area contributed by atoms with Crippen LogP contribution < -0.4 is 5.32 Å². The van der Waals surface area contributed by atoms with E-state index in [1.807, 2.05) is 47.8 Å². The summed E-state index contributed by atoms with van der Waals surface area (Å²) in [5.74, 6) is 0.0554. The Hall–Kier alpha value is -2.51. The molecule has 1 N–H and O–H groups in total. The van der Waals surface area contributed by atoms with Crippen LogP contribution in [0.2, 0.25) is 0 Å². The number of hydrogen-bond donors (Lipinski definition) is 1. The Kier molecular flexibility index (Phi) is 3.87. The zero-order valence-corrected chi connectivity index (χ0v) is 14.7. The van der Waals surface area contributed by atoms with Gasteiger partial charge < -0.3 is 0 Å². The van der Waals surface area contributed by atoms with E-state index in [0.29, 0.717) is 11.5 Å². The predicted molar refractivity (Wildman–Crippen MR) is 98.4 cm³/mol. The first-order chi connectivity index (χ1) is 11.7. The van der Waals surface area contributed by atoms with Gasteiger partial charge in [0.1, 0.15) is 0 Å². The van der Waals surface area contributed by atoms with Crippen LogP contribution >= 0.6 is 27.3 Å². The second kappa shape index (κ2) is 6.18. The molecule has 0 aliphatic heterocycles. The van der Waals surface area contributed by atoms with E-state index in [9.17, 15) is 4.79 Å². The molecular formula is C17H11BrN4OS. The molecule has 1 amide bonds. The van der Waals surface area contributed by atoms with Gasteiger partial charge in [0.2, 0.25) is 4.96 Å². The highest BCUT2D eigenvalue weighted by Gasteiger charge is 2.14. The van der Waals surface area contributed by atoms with Crippen molar-refractivity contribution < 1.29 is 4.79 Å². The monoisotopic (exact) mass is 398 g/mol. The van der Waals surface area contributed by atoms with E-state index in [-0.39, 0.29) is 5.91 Å². The quantitative estimate of drug-likeness (QED) is 0.553. The van der Waals surface area contributed by atoms with Crippen LogP contribution in [0.4, 0.5) is 5.95 Å². The summed E-state index contributed by atoms with van der Waals surface area (Å²) >= 11 is 4.85. The molecule has 118 valence electrons. The summed E-state index contributed by atoms with van der Waals surface area (Å²) in [6.07, 6.45) is 0. The van der Waals surface area contributed by atoms with E-state index < -0.39 is 0 Å². The van der Waals surface area contributed by atoms with Gasteiger partial charge in [0.05, 0.1) is 5.69 Å². The highest BCUT2D eigenvalue weighted by Crippen LogP contribution is 2.25. The number of nitrogens with one attached hydrogen (secondary N) is 1. The highest BCUT2D eigenvalue weighted by molar-refractivity contribution is 9.10. The molecule has 0 saturated heterocycles. The summed E-state index contributed by atoms with van der Waals surface area (Å²) in [7, 11) is 0. The van der Waals surface area contributed by atoms with E-state index >= 15 is 0 Å². The molecule has 2 heterocycles. The standard InChI is InChI=1S/C17H11BrN4OS/c18-13-8-4-7-12(9-13)15(23)19-16-20-17-22(21-16)14(10-24-17)11-5-2-1-3-6-11/h1-10H,(H,19,21,23). The lowest BCUT2D eigenvalue weighted by Gasteiger charge is -2.01. The minimum atomic E-state index is -0.240. The molecule has 0 bridgehead atoms. The van der Waals surface area contributed by atoms with Crippen LogP contribution in [0, 0.1) is 0 Å². The molecule has 0 radical (unpaired) electrons. The van der Waals surface area contributed by atoms with Gasteiger partial charge in [-0.25, -0.2) is 4.52 Å². The number of amides is 1. The smallest absolute Gasteiger partial charge is 0.258 e. The lowest BCUT2D eigenvalue weighted by atomic mass is 10.2. The molecule has 0 aliphatic rings. The molecule has 5 nitrogen and oxygen atoms in total. The predicted octanol–water partition coefficient (Wildman–Crippen LogP) is 4.47. The van der Waals surface area contributed by atoms with Crippen molar-refractivity contribution in [3.05, 3.63) is 70.0 Å². The number of hydrogen-bond acceptors (Lipinski definition) is 4. The van der Waals surface area contributed by atoms with Crippen molar-refractivity contribution in [3.63, 3.8) is 0 Å². The molecule has 0 spiro atoms. The Labute approximate surface area is 150 Å². The van der Waals surface area contributed by atoms with E-state index in [2.05, 4.69) is 31.3 Å². The number of carbonyl (C=O) groups excluding carboxylic acids is 1. The number of benzene rings is 2. The van der Waals surface area contributed by atoms with Crippen LogP contribution in [0.5, 0.6) is 0 Å². The molecule has 2 aromatic carbocycles. The third-order valence-electron chi connectivity index (χ3n) is 3.46. The first-order valence-electron chi connectivity index (χ1n) is 7.17. The van der Waals surface area contributed by atoms with Crippen molar-refractivity contribution in [2.75, 3.05) is 5.32 Å². The molecular weight excluding hydrogens is 388 g/mol. The molecule has 0 saturated carbocycles. The van der Waals surface area contributed by atoms with Crippen molar-refractivity contribution >= 4 is 44.1 Å². The normalized spacial score (nSPS) is 10.9. The van der Waals surface area contributed by atoms with E-state index in [4.69, 9.17) is 0 Å². The molecule has 4 aromatic rings. The van der Waals surface area contributed by atoms with Crippen LogP contribution in [0.1, 0.15) is 10.4 Å². The maximum atomic E-state index is 12.3. The average molecular weight is 399 g/mol. The fourth-order valence-electron chi connectivity index (χ4n) is 2.35. The third-order valence-corrected chi connectivity index (χ3v) is 4.77. The second-order valence-electron chi connectivity index (χ2n) is 5.08. The average Bonchev–Trinajstić information content (AvgIpc) is 3.15. The van der Waals surface area contributed by atoms with Crippen molar-refractivity contribution in [3.8, 4) is 11.3 Å². The van der Waals surface area contributed by atoms with Crippen LogP contribution in [0.15, 0.2) is 64.5 Å². The fraction of sp³-hybridized carbons (Fsp3) is 0. The summed E-state index contributed by atoms with van der Waals surface area (Å²) in [6, 6.07) is 17.1. The first kappa shape index (κ1) is 15.0. The summed E-state index contributed by atoms with van der Waals surface area (Å²) < 4.78 is 2.59. The number of fused-ring (bicyclic) bond motifs is 1. The Bertz CT molecular complexity index is 1030. The summed E-state index contributed by atoms with van der Waals surface area (Å²) in [6.45, 7) is 0. The number of nitrogens with zero attached hydrogens (tertiary/aromatic N) is 3. The Morgan fingerprint density at radius 3 is 2.75 bits per heavy atom. The van der Waals surface area contributed by atoms with Gasteiger partial charge in [-0.05, 0) is 18.2 Å². The van der Waals surface area contributed by atoms with E-state index in [1.54, 1.807) is 16.6 Å². The minimum Gasteiger partial charge on any atom is -0.289 e. The SMILES string of the molecule is O=C(Nc1nc2scc(-c3ccccc3)n2n1)c1cccc(Br)c1. The molecule has 7 heteroatoms.